The van der Waals surface area contributed by atoms with E-state index in [1.807, 2.05) is 6.07 Å². The van der Waals surface area contributed by atoms with E-state index in [-0.39, 0.29) is 33.9 Å². The van der Waals surface area contributed by atoms with Gasteiger partial charge < -0.3 is 14.8 Å². The molecule has 0 aliphatic heterocycles. The van der Waals surface area contributed by atoms with E-state index in [0.717, 1.165) is 0 Å². The first kappa shape index (κ1) is 26.8. The Morgan fingerprint density at radius 3 is 2.38 bits per heavy atom. The summed E-state index contributed by atoms with van der Waals surface area (Å²) in [6.07, 6.45) is -0.0426. The van der Waals surface area contributed by atoms with E-state index in [9.17, 15) is 18.8 Å². The van der Waals surface area contributed by atoms with Crippen LogP contribution >= 0.6 is 0 Å². The molecule has 37 heavy (non-hydrogen) atoms. The van der Waals surface area contributed by atoms with Gasteiger partial charge >= 0.3 is 6.09 Å². The largest absolute Gasteiger partial charge is 0.496 e. The van der Waals surface area contributed by atoms with Gasteiger partial charge in [0.25, 0.3) is 0 Å². The van der Waals surface area contributed by atoms with Crippen LogP contribution in [-0.4, -0.2) is 35.5 Å². The monoisotopic (exact) mass is 504 g/mol. The minimum absolute atomic E-state index is 0.0415. The first-order chi connectivity index (χ1) is 17.5. The highest BCUT2D eigenvalue weighted by molar-refractivity contribution is 6.12. The average Bonchev–Trinajstić information content (AvgIpc) is 2.84. The molecule has 2 amide bonds. The van der Waals surface area contributed by atoms with Gasteiger partial charge in [-0.2, -0.15) is 5.26 Å². The molecule has 0 aliphatic rings. The molecule has 0 spiro atoms. The standard InChI is InChI=1S/C27H25FN4O5/c1-27(2,3)37-26(35)32-22-13-24(36-4)19(18-7-5-6-8-20(18)28)12-21(22)31-25(34)14-23(33)16-9-10-30-17(11-16)15-29/h5-13H,14H2,1-4H3,(H,31,34)(H,32,35). The molecule has 0 unspecified atom stereocenters. The number of ketones is 1. The van der Waals surface area contributed by atoms with Crippen LogP contribution < -0.4 is 15.4 Å². The Morgan fingerprint density at radius 1 is 1.03 bits per heavy atom. The van der Waals surface area contributed by atoms with Gasteiger partial charge in [-0.1, -0.05) is 18.2 Å². The van der Waals surface area contributed by atoms with Crippen molar-refractivity contribution >= 4 is 29.2 Å². The van der Waals surface area contributed by atoms with Gasteiger partial charge in [0, 0.05) is 29.0 Å². The van der Waals surface area contributed by atoms with E-state index in [1.165, 1.54) is 49.7 Å². The quantitative estimate of drug-likeness (QED) is 0.329. The zero-order valence-corrected chi connectivity index (χ0v) is 20.7. The number of nitrogens with zero attached hydrogens (tertiary/aromatic N) is 2. The van der Waals surface area contributed by atoms with Gasteiger partial charge in [-0.15, -0.1) is 0 Å². The molecule has 2 aromatic carbocycles. The molecule has 3 rings (SSSR count). The Morgan fingerprint density at radius 2 is 1.73 bits per heavy atom. The van der Waals surface area contributed by atoms with Crippen LogP contribution in [0.2, 0.25) is 0 Å². The fourth-order valence-corrected chi connectivity index (χ4v) is 3.37. The molecule has 2 N–H and O–H groups in total. The zero-order valence-electron chi connectivity index (χ0n) is 20.7. The second-order valence-electron chi connectivity index (χ2n) is 8.89. The fourth-order valence-electron chi connectivity index (χ4n) is 3.37. The summed E-state index contributed by atoms with van der Waals surface area (Å²) in [7, 11) is 1.39. The van der Waals surface area contributed by atoms with E-state index in [0.29, 0.717) is 5.56 Å². The second kappa shape index (κ2) is 11.3. The smallest absolute Gasteiger partial charge is 0.412 e. The van der Waals surface area contributed by atoms with E-state index < -0.39 is 35.6 Å². The number of ether oxygens (including phenoxy) is 2. The number of carbonyl (C=O) groups is 3. The Kier molecular flexibility index (Phi) is 8.19. The third kappa shape index (κ3) is 7.11. The SMILES string of the molecule is COc1cc(NC(=O)OC(C)(C)C)c(NC(=O)CC(=O)c2ccnc(C#N)c2)cc1-c1ccccc1F. The van der Waals surface area contributed by atoms with Crippen LogP contribution in [0.25, 0.3) is 11.1 Å². The van der Waals surface area contributed by atoms with Crippen molar-refractivity contribution in [3.8, 4) is 22.9 Å². The van der Waals surface area contributed by atoms with Gasteiger partial charge in [-0.25, -0.2) is 14.2 Å². The van der Waals surface area contributed by atoms with Crippen LogP contribution in [0.4, 0.5) is 20.6 Å². The zero-order chi connectivity index (χ0) is 27.2. The molecule has 9 nitrogen and oxygen atoms in total. The Bertz CT molecular complexity index is 1390. The van der Waals surface area contributed by atoms with Gasteiger partial charge in [0.15, 0.2) is 5.78 Å². The third-order valence-corrected chi connectivity index (χ3v) is 4.93. The molecular formula is C27H25FN4O5. The topological polar surface area (TPSA) is 130 Å². The normalized spacial score (nSPS) is 10.7. The summed E-state index contributed by atoms with van der Waals surface area (Å²) in [5.41, 5.74) is 0.123. The molecule has 0 saturated heterocycles. The first-order valence-electron chi connectivity index (χ1n) is 11.2. The number of anilines is 2. The molecule has 1 heterocycles. The second-order valence-corrected chi connectivity index (χ2v) is 8.89. The number of benzene rings is 2. The summed E-state index contributed by atoms with van der Waals surface area (Å²) in [6, 6.07) is 13.4. The lowest BCUT2D eigenvalue weighted by Crippen LogP contribution is -2.27. The highest BCUT2D eigenvalue weighted by Gasteiger charge is 2.22. The first-order valence-corrected chi connectivity index (χ1v) is 11.2. The maximum absolute atomic E-state index is 14.6. The number of hydrogen-bond acceptors (Lipinski definition) is 7. The summed E-state index contributed by atoms with van der Waals surface area (Å²) >= 11 is 0. The number of halogens is 1. The van der Waals surface area contributed by atoms with Gasteiger partial charge in [0.05, 0.1) is 24.9 Å². The molecule has 0 fully saturated rings. The molecule has 0 aliphatic carbocycles. The molecule has 10 heteroatoms. The lowest BCUT2D eigenvalue weighted by Gasteiger charge is -2.21. The number of methoxy groups -OCH3 is 1. The average molecular weight is 505 g/mol. The van der Waals surface area contributed by atoms with Crippen LogP contribution in [0.5, 0.6) is 5.75 Å². The van der Waals surface area contributed by atoms with E-state index in [2.05, 4.69) is 15.6 Å². The third-order valence-electron chi connectivity index (χ3n) is 4.93. The van der Waals surface area contributed by atoms with Crippen LogP contribution in [0.3, 0.4) is 0 Å². The number of carbonyl (C=O) groups excluding carboxylic acids is 3. The van der Waals surface area contributed by atoms with Crippen LogP contribution in [0, 0.1) is 17.1 Å². The molecule has 0 saturated carbocycles. The number of rotatable bonds is 7. The highest BCUT2D eigenvalue weighted by Crippen LogP contribution is 2.39. The maximum Gasteiger partial charge on any atom is 0.412 e. The van der Waals surface area contributed by atoms with Crippen LogP contribution in [-0.2, 0) is 9.53 Å². The Balaban J connectivity index is 1.97. The number of aromatic nitrogens is 1. The summed E-state index contributed by atoms with van der Waals surface area (Å²) in [5.74, 6) is -1.53. The van der Waals surface area contributed by atoms with E-state index >= 15 is 0 Å². The van der Waals surface area contributed by atoms with Crippen molar-refractivity contribution < 1.29 is 28.2 Å². The van der Waals surface area contributed by atoms with Crippen molar-refractivity contribution in [3.05, 3.63) is 71.8 Å². The summed E-state index contributed by atoms with van der Waals surface area (Å²) in [5, 5.41) is 14.2. The Hall–Kier alpha value is -4.78. The minimum Gasteiger partial charge on any atom is -0.496 e. The number of hydrogen-bond donors (Lipinski definition) is 2. The molecule has 3 aromatic rings. The fraction of sp³-hybridized carbons (Fsp3) is 0.222. The van der Waals surface area contributed by atoms with Gasteiger partial charge in [0.2, 0.25) is 5.91 Å². The van der Waals surface area contributed by atoms with Gasteiger partial charge in [-0.3, -0.25) is 14.9 Å². The highest BCUT2D eigenvalue weighted by atomic mass is 19.1. The van der Waals surface area contributed by atoms with Crippen LogP contribution in [0.15, 0.2) is 54.7 Å². The van der Waals surface area contributed by atoms with Crippen molar-refractivity contribution in [1.82, 2.24) is 4.98 Å². The van der Waals surface area contributed by atoms with Crippen molar-refractivity contribution in [1.29, 1.82) is 5.26 Å². The van der Waals surface area contributed by atoms with Gasteiger partial charge in [-0.05, 0) is 45.0 Å². The molecular weight excluding hydrogens is 479 g/mol. The minimum atomic E-state index is -0.791. The Labute approximate surface area is 213 Å². The molecule has 0 radical (unpaired) electrons. The number of nitriles is 1. The number of nitrogens with one attached hydrogen (secondary N) is 2. The molecule has 0 atom stereocenters. The number of pyridine rings is 1. The summed E-state index contributed by atoms with van der Waals surface area (Å²) < 4.78 is 25.3. The maximum atomic E-state index is 14.6. The van der Waals surface area contributed by atoms with Gasteiger partial charge in [0.1, 0.15) is 28.9 Å². The van der Waals surface area contributed by atoms with Crippen molar-refractivity contribution in [2.75, 3.05) is 17.7 Å². The number of Topliss-reactive ketones (excluding diaryl/α,β-unsaturated/α-hetero) is 1. The predicted molar refractivity (Wildman–Crippen MR) is 135 cm³/mol. The van der Waals surface area contributed by atoms with Crippen molar-refractivity contribution in [3.63, 3.8) is 0 Å². The van der Waals surface area contributed by atoms with E-state index in [1.54, 1.807) is 32.9 Å². The lowest BCUT2D eigenvalue weighted by atomic mass is 10.0. The van der Waals surface area contributed by atoms with Crippen molar-refractivity contribution in [2.45, 2.75) is 32.8 Å². The predicted octanol–water partition coefficient (Wildman–Crippen LogP) is 5.33. The summed E-state index contributed by atoms with van der Waals surface area (Å²) in [6.45, 7) is 5.08. The molecule has 0 bridgehead atoms. The number of amides is 2. The molecule has 190 valence electrons. The van der Waals surface area contributed by atoms with E-state index in [4.69, 9.17) is 14.7 Å². The van der Waals surface area contributed by atoms with Crippen molar-refractivity contribution in [2.24, 2.45) is 0 Å². The molecule has 1 aromatic heterocycles. The van der Waals surface area contributed by atoms with Crippen LogP contribution in [0.1, 0.15) is 43.2 Å². The lowest BCUT2D eigenvalue weighted by molar-refractivity contribution is -0.115. The summed E-state index contributed by atoms with van der Waals surface area (Å²) in [4.78, 5) is 41.7.